The summed E-state index contributed by atoms with van der Waals surface area (Å²) in [5.74, 6) is -5.26. The Morgan fingerprint density at radius 2 is 1.59 bits per heavy atom. The Morgan fingerprint density at radius 1 is 0.863 bits per heavy atom. The van der Waals surface area contributed by atoms with Crippen molar-refractivity contribution in [3.8, 4) is 0 Å². The summed E-state index contributed by atoms with van der Waals surface area (Å²) in [6, 6.07) is 7.15. The fourth-order valence-corrected chi connectivity index (χ4v) is 4.77. The first-order chi connectivity index (χ1) is 24.6. The van der Waals surface area contributed by atoms with Gasteiger partial charge in [-0.2, -0.15) is 0 Å². The Labute approximate surface area is 291 Å². The molecule has 0 bridgehead atoms. The van der Waals surface area contributed by atoms with Crippen LogP contribution in [0.2, 0.25) is 0 Å². The molecule has 17 nitrogen and oxygen atoms in total. The molecule has 0 radical (unpaired) electrons. The van der Waals surface area contributed by atoms with Crippen molar-refractivity contribution in [2.45, 2.75) is 43.4 Å². The lowest BCUT2D eigenvalue weighted by Gasteiger charge is -2.25. The standard InChI is InChI=1S/C34H37N9O8/c35-30(46)23-13-14-38-32(48)27(20-39-31(47)26-19-36-15-16-37-26)43-34(50)25(18-22-9-5-17-51-22)42-33(49)24(41-29(45)12-11-28(44)40-23)10-4-8-21-6-2-1-3-7-21/h1-9,11-12,15-17,19,23-25,27H,10,13-14,18,20H2,(H2,35,46)(H,38,48)(H,39,47)(H,40,44)(H,41,45)(H,42,49)(H,43,50)/b8-4+,12-11-/t23-,24-,25-,27-/m0/s1. The van der Waals surface area contributed by atoms with Crippen LogP contribution in [0.5, 0.6) is 0 Å². The average molecular weight is 700 g/mol. The molecule has 2 aromatic heterocycles. The van der Waals surface area contributed by atoms with Gasteiger partial charge in [-0.05, 0) is 30.5 Å². The minimum absolute atomic E-state index is 0.0230. The quantitative estimate of drug-likeness (QED) is 0.138. The molecule has 4 atom stereocenters. The van der Waals surface area contributed by atoms with Crippen molar-refractivity contribution in [1.82, 2.24) is 41.9 Å². The van der Waals surface area contributed by atoms with Gasteiger partial charge >= 0.3 is 0 Å². The van der Waals surface area contributed by atoms with Crippen LogP contribution in [0.1, 0.15) is 34.7 Å². The summed E-state index contributed by atoms with van der Waals surface area (Å²) in [7, 11) is 0. The van der Waals surface area contributed by atoms with Crippen molar-refractivity contribution in [2.75, 3.05) is 13.1 Å². The molecule has 0 saturated heterocycles. The minimum Gasteiger partial charge on any atom is -0.469 e. The molecule has 0 spiro atoms. The fraction of sp³-hybridized carbons (Fsp3) is 0.265. The van der Waals surface area contributed by atoms with Gasteiger partial charge in [-0.1, -0.05) is 42.5 Å². The monoisotopic (exact) mass is 699 g/mol. The van der Waals surface area contributed by atoms with Gasteiger partial charge in [0, 0.05) is 44.1 Å². The number of carbonyl (C=O) groups excluding carboxylic acids is 7. The molecule has 51 heavy (non-hydrogen) atoms. The third kappa shape index (κ3) is 12.1. The number of benzene rings is 1. The number of furan rings is 1. The second-order valence-electron chi connectivity index (χ2n) is 11.2. The zero-order chi connectivity index (χ0) is 36.6. The van der Waals surface area contributed by atoms with Gasteiger partial charge in [-0.15, -0.1) is 0 Å². The number of rotatable bonds is 9. The summed E-state index contributed by atoms with van der Waals surface area (Å²) in [6.45, 7) is -0.607. The number of nitrogens with zero attached hydrogens (tertiary/aromatic N) is 2. The highest BCUT2D eigenvalue weighted by Gasteiger charge is 2.31. The van der Waals surface area contributed by atoms with Gasteiger partial charge in [-0.3, -0.25) is 38.5 Å². The van der Waals surface area contributed by atoms with Crippen molar-refractivity contribution in [1.29, 1.82) is 0 Å². The summed E-state index contributed by atoms with van der Waals surface area (Å²) < 4.78 is 5.41. The molecule has 1 aromatic carbocycles. The molecule has 1 aliphatic heterocycles. The lowest BCUT2D eigenvalue weighted by Crippen LogP contribution is -2.59. The van der Waals surface area contributed by atoms with Crippen LogP contribution >= 0.6 is 0 Å². The molecular formula is C34H37N9O8. The molecule has 0 saturated carbocycles. The second kappa shape index (κ2) is 18.8. The predicted octanol–water partition coefficient (Wildman–Crippen LogP) is -1.35. The van der Waals surface area contributed by atoms with Crippen LogP contribution in [0.25, 0.3) is 6.08 Å². The maximum atomic E-state index is 13.8. The van der Waals surface area contributed by atoms with E-state index in [9.17, 15) is 33.6 Å². The molecule has 7 amide bonds. The maximum Gasteiger partial charge on any atom is 0.271 e. The number of nitrogens with one attached hydrogen (secondary N) is 6. The van der Waals surface area contributed by atoms with Gasteiger partial charge in [0.15, 0.2) is 0 Å². The fourth-order valence-electron chi connectivity index (χ4n) is 4.77. The summed E-state index contributed by atoms with van der Waals surface area (Å²) in [6.07, 6.45) is 10.1. The van der Waals surface area contributed by atoms with Gasteiger partial charge in [0.2, 0.25) is 35.4 Å². The van der Waals surface area contributed by atoms with Crippen LogP contribution < -0.4 is 37.6 Å². The molecule has 1 aliphatic rings. The SMILES string of the molecule is NC(=O)[C@@H]1CCNC(=O)[C@H](CNC(=O)c2cnccn2)NC(=O)[C@H](Cc2ccco2)NC(=O)[C@H](C/C=C/c2ccccc2)NC(=O)/C=C\C(=O)N1. The van der Waals surface area contributed by atoms with Gasteiger partial charge in [0.1, 0.15) is 35.6 Å². The van der Waals surface area contributed by atoms with E-state index in [-0.39, 0.29) is 31.5 Å². The molecule has 0 aliphatic carbocycles. The van der Waals surface area contributed by atoms with E-state index in [1.165, 1.54) is 24.9 Å². The number of carbonyl (C=O) groups is 7. The van der Waals surface area contributed by atoms with E-state index in [2.05, 4.69) is 41.9 Å². The Morgan fingerprint density at radius 3 is 2.27 bits per heavy atom. The number of primary amides is 1. The zero-order valence-corrected chi connectivity index (χ0v) is 27.2. The van der Waals surface area contributed by atoms with Crippen molar-refractivity contribution in [3.63, 3.8) is 0 Å². The highest BCUT2D eigenvalue weighted by Crippen LogP contribution is 2.08. The van der Waals surface area contributed by atoms with Crippen LogP contribution in [-0.2, 0) is 35.2 Å². The van der Waals surface area contributed by atoms with E-state index >= 15 is 0 Å². The van der Waals surface area contributed by atoms with Crippen LogP contribution in [0, 0.1) is 0 Å². The predicted molar refractivity (Wildman–Crippen MR) is 181 cm³/mol. The third-order valence-electron chi connectivity index (χ3n) is 7.41. The molecular weight excluding hydrogens is 662 g/mol. The molecule has 3 heterocycles. The first-order valence-corrected chi connectivity index (χ1v) is 15.8. The Bertz CT molecular complexity index is 1750. The topological polar surface area (TPSA) is 257 Å². The van der Waals surface area contributed by atoms with Crippen LogP contribution in [0.15, 0.2) is 90.0 Å². The number of aromatic nitrogens is 2. The number of hydrogen-bond acceptors (Lipinski definition) is 10. The lowest BCUT2D eigenvalue weighted by molar-refractivity contribution is -0.133. The molecule has 0 unspecified atom stereocenters. The zero-order valence-electron chi connectivity index (χ0n) is 27.2. The Hall–Kier alpha value is -6.65. The van der Waals surface area contributed by atoms with Crippen LogP contribution in [0.3, 0.4) is 0 Å². The highest BCUT2D eigenvalue weighted by molar-refractivity contribution is 6.00. The molecule has 17 heteroatoms. The van der Waals surface area contributed by atoms with E-state index in [4.69, 9.17) is 10.2 Å². The van der Waals surface area contributed by atoms with E-state index < -0.39 is 72.1 Å². The summed E-state index contributed by atoms with van der Waals surface area (Å²) in [5, 5.41) is 15.2. The van der Waals surface area contributed by atoms with E-state index in [0.717, 1.165) is 17.7 Å². The summed E-state index contributed by atoms with van der Waals surface area (Å²) in [5.41, 5.74) is 6.23. The van der Waals surface area contributed by atoms with Crippen molar-refractivity contribution in [3.05, 3.63) is 103 Å². The largest absolute Gasteiger partial charge is 0.469 e. The molecule has 4 rings (SSSR count). The van der Waals surface area contributed by atoms with E-state index in [1.807, 2.05) is 30.3 Å². The van der Waals surface area contributed by atoms with Gasteiger partial charge < -0.3 is 42.1 Å². The summed E-state index contributed by atoms with van der Waals surface area (Å²) >= 11 is 0. The maximum absolute atomic E-state index is 13.8. The molecule has 3 aromatic rings. The molecule has 0 fully saturated rings. The van der Waals surface area contributed by atoms with Crippen LogP contribution in [0.4, 0.5) is 0 Å². The van der Waals surface area contributed by atoms with Crippen molar-refractivity contribution >= 4 is 47.4 Å². The van der Waals surface area contributed by atoms with Crippen molar-refractivity contribution < 1.29 is 38.0 Å². The first kappa shape index (κ1) is 37.2. The Kier molecular flexibility index (Phi) is 13.7. The highest BCUT2D eigenvalue weighted by atomic mass is 16.3. The Balaban J connectivity index is 1.63. The smallest absolute Gasteiger partial charge is 0.271 e. The number of amides is 7. The third-order valence-corrected chi connectivity index (χ3v) is 7.41. The van der Waals surface area contributed by atoms with E-state index in [1.54, 1.807) is 24.3 Å². The minimum atomic E-state index is -1.40. The summed E-state index contributed by atoms with van der Waals surface area (Å²) in [4.78, 5) is 98.8. The average Bonchev–Trinajstić information content (AvgIpc) is 3.64. The van der Waals surface area contributed by atoms with Gasteiger partial charge in [-0.25, -0.2) is 4.98 Å². The molecule has 8 N–H and O–H groups in total. The first-order valence-electron chi connectivity index (χ1n) is 15.8. The number of hydrogen-bond donors (Lipinski definition) is 7. The lowest BCUT2D eigenvalue weighted by atomic mass is 10.1. The normalized spacial score (nSPS) is 21.5. The van der Waals surface area contributed by atoms with E-state index in [0.29, 0.717) is 5.76 Å². The van der Waals surface area contributed by atoms with Crippen molar-refractivity contribution in [2.24, 2.45) is 5.73 Å². The van der Waals surface area contributed by atoms with Gasteiger partial charge in [0.25, 0.3) is 5.91 Å². The van der Waals surface area contributed by atoms with Gasteiger partial charge in [0.05, 0.1) is 12.5 Å². The molecule has 266 valence electrons. The van der Waals surface area contributed by atoms with Crippen LogP contribution in [-0.4, -0.2) is 88.6 Å². The number of nitrogens with two attached hydrogens (primary N) is 1. The second-order valence-corrected chi connectivity index (χ2v) is 11.2.